The number of carbonyl (C=O) groups excluding carboxylic acids is 1. The van der Waals surface area contributed by atoms with E-state index in [2.05, 4.69) is 10.3 Å². The zero-order valence-corrected chi connectivity index (χ0v) is 15.3. The van der Waals surface area contributed by atoms with E-state index in [1.54, 1.807) is 29.4 Å². The maximum atomic E-state index is 12.3. The molecule has 1 aromatic carbocycles. The molecule has 1 aliphatic heterocycles. The Morgan fingerprint density at radius 3 is 2.96 bits per heavy atom. The average molecular weight is 365 g/mol. The van der Waals surface area contributed by atoms with Crippen molar-refractivity contribution in [1.29, 1.82) is 0 Å². The summed E-state index contributed by atoms with van der Waals surface area (Å²) in [6.45, 7) is 2.76. The summed E-state index contributed by atoms with van der Waals surface area (Å²) in [7, 11) is -3.20. The summed E-state index contributed by atoms with van der Waals surface area (Å²) in [5.41, 5.74) is 1.81. The molecule has 1 atom stereocenters. The number of oxazole rings is 1. The number of rotatable bonds is 5. The quantitative estimate of drug-likeness (QED) is 0.876. The van der Waals surface area contributed by atoms with Crippen LogP contribution in [0, 0.1) is 6.92 Å². The second-order valence-corrected chi connectivity index (χ2v) is 8.42. The summed E-state index contributed by atoms with van der Waals surface area (Å²) in [5.74, 6) is 0.364. The first kappa shape index (κ1) is 17.9. The van der Waals surface area contributed by atoms with E-state index in [1.165, 1.54) is 6.26 Å². The fraction of sp³-hybridized carbons (Fsp3) is 0.529. The normalized spacial score (nSPS) is 19.2. The van der Waals surface area contributed by atoms with Crippen LogP contribution in [0.25, 0.3) is 11.1 Å². The summed E-state index contributed by atoms with van der Waals surface area (Å²) in [6.07, 6.45) is 4.62. The molecular weight excluding hydrogens is 342 g/mol. The van der Waals surface area contributed by atoms with Gasteiger partial charge in [-0.1, -0.05) is 6.42 Å². The highest BCUT2D eigenvalue weighted by atomic mass is 32.2. The van der Waals surface area contributed by atoms with Crippen LogP contribution < -0.4 is 5.32 Å². The third-order valence-corrected chi connectivity index (χ3v) is 5.85. The molecule has 0 unspecified atom stereocenters. The van der Waals surface area contributed by atoms with Gasteiger partial charge in [0.15, 0.2) is 11.5 Å². The number of amides is 1. The minimum absolute atomic E-state index is 0.0385. The number of hydrogen-bond donors (Lipinski definition) is 1. The number of sulfonamides is 1. The number of hydrogen-bond acceptors (Lipinski definition) is 5. The smallest absolute Gasteiger partial charge is 0.251 e. The van der Waals surface area contributed by atoms with Gasteiger partial charge >= 0.3 is 0 Å². The largest absolute Gasteiger partial charge is 0.441 e. The molecular formula is C17H23N3O4S. The molecule has 1 fully saturated rings. The fourth-order valence-corrected chi connectivity index (χ4v) is 4.55. The first-order chi connectivity index (χ1) is 11.8. The highest BCUT2D eigenvalue weighted by Gasteiger charge is 2.28. The first-order valence-electron chi connectivity index (χ1n) is 8.47. The summed E-state index contributed by atoms with van der Waals surface area (Å²) >= 11 is 0. The van der Waals surface area contributed by atoms with Crippen molar-refractivity contribution in [2.45, 2.75) is 38.6 Å². The van der Waals surface area contributed by atoms with Gasteiger partial charge in [0, 0.05) is 31.6 Å². The van der Waals surface area contributed by atoms with Crippen molar-refractivity contribution in [1.82, 2.24) is 14.6 Å². The zero-order chi connectivity index (χ0) is 18.0. The number of nitrogens with one attached hydrogen (secondary N) is 1. The van der Waals surface area contributed by atoms with E-state index >= 15 is 0 Å². The average Bonchev–Trinajstić information content (AvgIpc) is 2.93. The molecule has 0 saturated carbocycles. The third-order valence-electron chi connectivity index (χ3n) is 4.52. The standard InChI is InChI=1S/C17H23N3O4S/c1-12-19-15-7-6-13(11-16(15)24-12)17(21)18-9-8-14-5-3-4-10-20(14)25(2,22)23/h6-7,11,14H,3-5,8-10H2,1-2H3,(H,18,21)/t14-/m0/s1. The maximum Gasteiger partial charge on any atom is 0.251 e. The topological polar surface area (TPSA) is 92.5 Å². The van der Waals surface area contributed by atoms with Crippen LogP contribution in [0.3, 0.4) is 0 Å². The number of aryl methyl sites for hydroxylation is 1. The molecule has 136 valence electrons. The second-order valence-electron chi connectivity index (χ2n) is 6.48. The van der Waals surface area contributed by atoms with Crippen LogP contribution in [0.5, 0.6) is 0 Å². The SMILES string of the molecule is Cc1nc2ccc(C(=O)NCC[C@@H]3CCCCN3S(C)(=O)=O)cc2o1. The van der Waals surface area contributed by atoms with Gasteiger partial charge in [-0.05, 0) is 37.5 Å². The molecule has 0 spiro atoms. The van der Waals surface area contributed by atoms with Crippen LogP contribution in [-0.4, -0.2) is 49.0 Å². The number of piperidine rings is 1. The lowest BCUT2D eigenvalue weighted by Crippen LogP contribution is -2.44. The Labute approximate surface area is 147 Å². The van der Waals surface area contributed by atoms with Gasteiger partial charge in [-0.2, -0.15) is 4.31 Å². The van der Waals surface area contributed by atoms with Crippen molar-refractivity contribution in [3.05, 3.63) is 29.7 Å². The number of fused-ring (bicyclic) bond motifs is 1. The van der Waals surface area contributed by atoms with Crippen LogP contribution in [0.15, 0.2) is 22.6 Å². The van der Waals surface area contributed by atoms with Gasteiger partial charge in [0.05, 0.1) is 6.26 Å². The molecule has 7 nitrogen and oxygen atoms in total. The summed E-state index contributed by atoms with van der Waals surface area (Å²) < 4.78 is 30.7. The Balaban J connectivity index is 1.59. The van der Waals surface area contributed by atoms with Gasteiger partial charge in [0.1, 0.15) is 5.52 Å². The van der Waals surface area contributed by atoms with Crippen molar-refractivity contribution in [3.8, 4) is 0 Å². The van der Waals surface area contributed by atoms with Gasteiger partial charge in [-0.15, -0.1) is 0 Å². The lowest BCUT2D eigenvalue weighted by atomic mass is 10.0. The molecule has 2 aromatic rings. The molecule has 1 amide bonds. The van der Waals surface area contributed by atoms with E-state index in [0.29, 0.717) is 36.5 Å². The highest BCUT2D eigenvalue weighted by Crippen LogP contribution is 2.22. The van der Waals surface area contributed by atoms with Crippen molar-refractivity contribution in [2.24, 2.45) is 0 Å². The monoisotopic (exact) mass is 365 g/mol. The Morgan fingerprint density at radius 1 is 1.40 bits per heavy atom. The minimum Gasteiger partial charge on any atom is -0.441 e. The van der Waals surface area contributed by atoms with E-state index in [4.69, 9.17) is 4.42 Å². The summed E-state index contributed by atoms with van der Waals surface area (Å²) in [4.78, 5) is 16.5. The molecule has 3 rings (SSSR count). The maximum absolute atomic E-state index is 12.3. The van der Waals surface area contributed by atoms with E-state index in [0.717, 1.165) is 24.8 Å². The number of aromatic nitrogens is 1. The Kier molecular flexibility index (Phi) is 5.10. The molecule has 25 heavy (non-hydrogen) atoms. The molecule has 0 bridgehead atoms. The van der Waals surface area contributed by atoms with Gasteiger partial charge in [-0.3, -0.25) is 4.79 Å². The van der Waals surface area contributed by atoms with Crippen molar-refractivity contribution in [3.63, 3.8) is 0 Å². The zero-order valence-electron chi connectivity index (χ0n) is 14.5. The third kappa shape index (κ3) is 4.19. The first-order valence-corrected chi connectivity index (χ1v) is 10.3. The van der Waals surface area contributed by atoms with E-state index in [1.807, 2.05) is 0 Å². The van der Waals surface area contributed by atoms with Crippen LogP contribution in [-0.2, 0) is 10.0 Å². The predicted octanol–water partition coefficient (Wildman–Crippen LogP) is 2.07. The Morgan fingerprint density at radius 2 is 2.20 bits per heavy atom. The van der Waals surface area contributed by atoms with Gasteiger partial charge < -0.3 is 9.73 Å². The van der Waals surface area contributed by atoms with Gasteiger partial charge in [0.2, 0.25) is 10.0 Å². The summed E-state index contributed by atoms with van der Waals surface area (Å²) in [6, 6.07) is 5.10. The second kappa shape index (κ2) is 7.13. The lowest BCUT2D eigenvalue weighted by Gasteiger charge is -2.33. The highest BCUT2D eigenvalue weighted by molar-refractivity contribution is 7.88. The molecule has 1 saturated heterocycles. The number of benzene rings is 1. The van der Waals surface area contributed by atoms with Gasteiger partial charge in [-0.25, -0.2) is 13.4 Å². The van der Waals surface area contributed by atoms with Crippen LogP contribution >= 0.6 is 0 Å². The molecule has 1 N–H and O–H groups in total. The summed E-state index contributed by atoms with van der Waals surface area (Å²) in [5, 5.41) is 2.87. The number of carbonyl (C=O) groups is 1. The van der Waals surface area contributed by atoms with Gasteiger partial charge in [0.25, 0.3) is 5.91 Å². The van der Waals surface area contributed by atoms with E-state index in [9.17, 15) is 13.2 Å². The van der Waals surface area contributed by atoms with Crippen molar-refractivity contribution >= 4 is 27.0 Å². The van der Waals surface area contributed by atoms with E-state index < -0.39 is 10.0 Å². The molecule has 1 aliphatic rings. The number of nitrogens with zero attached hydrogens (tertiary/aromatic N) is 2. The van der Waals surface area contributed by atoms with E-state index in [-0.39, 0.29) is 11.9 Å². The van der Waals surface area contributed by atoms with Crippen molar-refractivity contribution < 1.29 is 17.6 Å². The van der Waals surface area contributed by atoms with Crippen LogP contribution in [0.1, 0.15) is 41.9 Å². The van der Waals surface area contributed by atoms with Crippen molar-refractivity contribution in [2.75, 3.05) is 19.3 Å². The molecule has 1 aromatic heterocycles. The van der Waals surface area contributed by atoms with Crippen LogP contribution in [0.4, 0.5) is 0 Å². The molecule has 8 heteroatoms. The Hall–Kier alpha value is -1.93. The van der Waals surface area contributed by atoms with Crippen LogP contribution in [0.2, 0.25) is 0 Å². The Bertz CT molecular complexity index is 875. The molecule has 0 aliphatic carbocycles. The minimum atomic E-state index is -3.20. The molecule has 2 heterocycles. The molecule has 0 radical (unpaired) electrons. The lowest BCUT2D eigenvalue weighted by molar-refractivity contribution is 0.0949. The fourth-order valence-electron chi connectivity index (χ4n) is 3.33. The predicted molar refractivity (Wildman–Crippen MR) is 94.9 cm³/mol.